The zero-order chi connectivity index (χ0) is 20.8. The Balaban J connectivity index is 1.99. The second-order valence-electron chi connectivity index (χ2n) is 6.85. The van der Waals surface area contributed by atoms with Crippen LogP contribution in [0.5, 0.6) is 0 Å². The van der Waals surface area contributed by atoms with Gasteiger partial charge in [-0.25, -0.2) is 4.98 Å². The van der Waals surface area contributed by atoms with Gasteiger partial charge in [-0.05, 0) is 41.8 Å². The molecule has 7 heteroatoms. The largest absolute Gasteiger partial charge is 0.369 e. The molecule has 0 aliphatic heterocycles. The maximum atomic E-state index is 11.4. The van der Waals surface area contributed by atoms with Crippen LogP contribution in [-0.4, -0.2) is 28.3 Å². The van der Waals surface area contributed by atoms with E-state index in [-0.39, 0.29) is 17.8 Å². The number of unbranched alkanes of at least 4 members (excludes halogenated alkanes) is 1. The summed E-state index contributed by atoms with van der Waals surface area (Å²) in [4.78, 5) is 31.6. The van der Waals surface area contributed by atoms with Crippen LogP contribution in [0.1, 0.15) is 33.6 Å². The number of amides is 2. The Kier molecular flexibility index (Phi) is 6.39. The number of benzene rings is 2. The summed E-state index contributed by atoms with van der Waals surface area (Å²) in [5.74, 6) is 0.679. The Morgan fingerprint density at radius 2 is 1.59 bits per heavy atom. The van der Waals surface area contributed by atoms with Gasteiger partial charge in [0.25, 0.3) is 0 Å². The number of rotatable bonds is 7. The Bertz CT molecular complexity index is 1030. The molecule has 3 aromatic rings. The second kappa shape index (κ2) is 9.14. The topological polar surface area (TPSA) is 96.0 Å². The maximum Gasteiger partial charge on any atom is 0.231 e. The number of nitrogens with one attached hydrogen (secondary N) is 3. The quantitative estimate of drug-likeness (QED) is 0.518. The zero-order valence-electron chi connectivity index (χ0n) is 16.9. The van der Waals surface area contributed by atoms with Gasteiger partial charge in [-0.1, -0.05) is 31.5 Å². The number of carbonyl (C=O) groups is 2. The minimum atomic E-state index is -0.209. The molecule has 2 aromatic carbocycles. The number of nitrogens with zero attached hydrogens (tertiary/aromatic N) is 2. The van der Waals surface area contributed by atoms with Gasteiger partial charge in [-0.15, -0.1) is 0 Å². The van der Waals surface area contributed by atoms with E-state index in [9.17, 15) is 9.59 Å². The number of anilines is 3. The molecule has 0 aliphatic carbocycles. The molecule has 0 unspecified atom stereocenters. The van der Waals surface area contributed by atoms with Crippen LogP contribution in [0.4, 0.5) is 17.5 Å². The predicted molar refractivity (Wildman–Crippen MR) is 117 cm³/mol. The summed E-state index contributed by atoms with van der Waals surface area (Å²) in [5.41, 5.74) is 3.54. The standard InChI is InChI=1S/C22H25N5O2/c1-4-5-12-23-21-19-13-17(16-6-9-18(10-7-16)24-14(2)28)8-11-20(19)26-22(27-21)25-15(3)29/h6-11,13H,4-5,12H2,1-3H3,(H,24,28)(H2,23,25,26,27,29). The number of fused-ring (bicyclic) bond motifs is 1. The van der Waals surface area contributed by atoms with Crippen molar-refractivity contribution in [2.75, 3.05) is 22.5 Å². The summed E-state index contributed by atoms with van der Waals surface area (Å²) >= 11 is 0. The van der Waals surface area contributed by atoms with Crippen molar-refractivity contribution >= 4 is 40.2 Å². The highest BCUT2D eigenvalue weighted by Gasteiger charge is 2.10. The van der Waals surface area contributed by atoms with E-state index in [4.69, 9.17) is 0 Å². The average molecular weight is 391 g/mol. The first-order valence-corrected chi connectivity index (χ1v) is 9.67. The highest BCUT2D eigenvalue weighted by Crippen LogP contribution is 2.29. The summed E-state index contributed by atoms with van der Waals surface area (Å²) in [6.07, 6.45) is 2.09. The molecule has 0 radical (unpaired) electrons. The molecule has 1 aromatic heterocycles. The molecular formula is C22H25N5O2. The van der Waals surface area contributed by atoms with Crippen molar-refractivity contribution in [3.8, 4) is 11.1 Å². The van der Waals surface area contributed by atoms with Crippen molar-refractivity contribution < 1.29 is 9.59 Å². The summed E-state index contributed by atoms with van der Waals surface area (Å²) in [6.45, 7) is 5.84. The highest BCUT2D eigenvalue weighted by molar-refractivity contribution is 5.95. The molecule has 0 aliphatic rings. The van der Waals surface area contributed by atoms with Crippen molar-refractivity contribution in [1.29, 1.82) is 0 Å². The van der Waals surface area contributed by atoms with E-state index >= 15 is 0 Å². The molecule has 3 rings (SSSR count). The van der Waals surface area contributed by atoms with Crippen molar-refractivity contribution in [2.24, 2.45) is 0 Å². The van der Waals surface area contributed by atoms with Crippen molar-refractivity contribution in [1.82, 2.24) is 9.97 Å². The number of hydrogen-bond donors (Lipinski definition) is 3. The molecule has 0 atom stereocenters. The van der Waals surface area contributed by atoms with E-state index < -0.39 is 0 Å². The molecule has 0 bridgehead atoms. The van der Waals surface area contributed by atoms with Gasteiger partial charge in [-0.2, -0.15) is 4.98 Å². The Morgan fingerprint density at radius 1 is 0.897 bits per heavy atom. The molecule has 7 nitrogen and oxygen atoms in total. The van der Waals surface area contributed by atoms with Gasteiger partial charge in [0.15, 0.2) is 0 Å². The van der Waals surface area contributed by atoms with Crippen LogP contribution < -0.4 is 16.0 Å². The lowest BCUT2D eigenvalue weighted by atomic mass is 10.0. The Labute approximate surface area is 170 Å². The van der Waals surface area contributed by atoms with E-state index in [1.165, 1.54) is 13.8 Å². The first-order chi connectivity index (χ1) is 14.0. The summed E-state index contributed by atoms with van der Waals surface area (Å²) in [5, 5.41) is 9.68. The molecule has 1 heterocycles. The normalized spacial score (nSPS) is 10.6. The average Bonchev–Trinajstić information content (AvgIpc) is 2.67. The monoisotopic (exact) mass is 391 g/mol. The van der Waals surface area contributed by atoms with Gasteiger partial charge in [0.2, 0.25) is 17.8 Å². The number of aromatic nitrogens is 2. The number of carbonyl (C=O) groups excluding carboxylic acids is 2. The molecule has 0 fully saturated rings. The SMILES string of the molecule is CCCCNc1nc(NC(C)=O)nc2ccc(-c3ccc(NC(C)=O)cc3)cc12. The number of hydrogen-bond acceptors (Lipinski definition) is 5. The second-order valence-corrected chi connectivity index (χ2v) is 6.85. The lowest BCUT2D eigenvalue weighted by molar-refractivity contribution is -0.115. The van der Waals surface area contributed by atoms with Crippen LogP contribution in [0.3, 0.4) is 0 Å². The lowest BCUT2D eigenvalue weighted by Gasteiger charge is -2.12. The van der Waals surface area contributed by atoms with Crippen LogP contribution in [0.25, 0.3) is 22.0 Å². The molecular weight excluding hydrogens is 366 g/mol. The van der Waals surface area contributed by atoms with Crippen LogP contribution in [0.15, 0.2) is 42.5 Å². The summed E-state index contributed by atoms with van der Waals surface area (Å²) in [6, 6.07) is 13.6. The Morgan fingerprint density at radius 3 is 2.24 bits per heavy atom. The molecule has 0 spiro atoms. The summed E-state index contributed by atoms with van der Waals surface area (Å²) in [7, 11) is 0. The van der Waals surface area contributed by atoms with Crippen LogP contribution in [0.2, 0.25) is 0 Å². The first-order valence-electron chi connectivity index (χ1n) is 9.67. The fraction of sp³-hybridized carbons (Fsp3) is 0.273. The van der Waals surface area contributed by atoms with Gasteiger partial charge >= 0.3 is 0 Å². The first kappa shape index (κ1) is 20.3. The third-order valence-electron chi connectivity index (χ3n) is 4.34. The van der Waals surface area contributed by atoms with Gasteiger partial charge in [-0.3, -0.25) is 14.9 Å². The fourth-order valence-corrected chi connectivity index (χ4v) is 2.99. The van der Waals surface area contributed by atoms with Crippen molar-refractivity contribution in [3.63, 3.8) is 0 Å². The van der Waals surface area contributed by atoms with Crippen molar-refractivity contribution in [3.05, 3.63) is 42.5 Å². The van der Waals surface area contributed by atoms with Gasteiger partial charge < -0.3 is 10.6 Å². The maximum absolute atomic E-state index is 11.4. The molecule has 0 saturated carbocycles. The van der Waals surface area contributed by atoms with E-state index in [0.29, 0.717) is 5.82 Å². The Hall–Kier alpha value is -3.48. The molecule has 150 valence electrons. The van der Waals surface area contributed by atoms with E-state index in [1.807, 2.05) is 42.5 Å². The lowest BCUT2D eigenvalue weighted by Crippen LogP contribution is -2.12. The van der Waals surface area contributed by atoms with E-state index in [0.717, 1.165) is 47.1 Å². The van der Waals surface area contributed by atoms with Crippen LogP contribution in [-0.2, 0) is 9.59 Å². The molecule has 29 heavy (non-hydrogen) atoms. The smallest absolute Gasteiger partial charge is 0.231 e. The molecule has 3 N–H and O–H groups in total. The minimum Gasteiger partial charge on any atom is -0.369 e. The van der Waals surface area contributed by atoms with E-state index in [1.54, 1.807) is 0 Å². The fourth-order valence-electron chi connectivity index (χ4n) is 2.99. The minimum absolute atomic E-state index is 0.0987. The highest BCUT2D eigenvalue weighted by atomic mass is 16.2. The van der Waals surface area contributed by atoms with Crippen LogP contribution in [0, 0.1) is 0 Å². The predicted octanol–water partition coefficient (Wildman–Crippen LogP) is 4.43. The summed E-state index contributed by atoms with van der Waals surface area (Å²) < 4.78 is 0. The third kappa shape index (κ3) is 5.28. The molecule has 2 amide bonds. The van der Waals surface area contributed by atoms with Gasteiger partial charge in [0, 0.05) is 31.5 Å². The molecule has 0 saturated heterocycles. The van der Waals surface area contributed by atoms with Gasteiger partial charge in [0.1, 0.15) is 5.82 Å². The van der Waals surface area contributed by atoms with E-state index in [2.05, 4.69) is 32.8 Å². The zero-order valence-corrected chi connectivity index (χ0v) is 16.9. The van der Waals surface area contributed by atoms with Crippen LogP contribution >= 0.6 is 0 Å². The third-order valence-corrected chi connectivity index (χ3v) is 4.34. The van der Waals surface area contributed by atoms with Gasteiger partial charge in [0.05, 0.1) is 5.52 Å². The van der Waals surface area contributed by atoms with Crippen molar-refractivity contribution in [2.45, 2.75) is 33.6 Å².